The molecule has 1 amide bonds. The summed E-state index contributed by atoms with van der Waals surface area (Å²) in [5.41, 5.74) is 1.08. The number of carbonyl (C=O) groups is 1. The van der Waals surface area contributed by atoms with Crippen LogP contribution in [-0.2, 0) is 4.79 Å². The zero-order valence-corrected chi connectivity index (χ0v) is 15.8. The third-order valence-corrected chi connectivity index (χ3v) is 4.43. The van der Waals surface area contributed by atoms with Crippen LogP contribution in [0.25, 0.3) is 10.8 Å². The maximum Gasteiger partial charge on any atom is 0.261 e. The molecule has 0 unspecified atom stereocenters. The topological polar surface area (TPSA) is 47.6 Å². The third-order valence-electron chi connectivity index (χ3n) is 4.43. The molecule has 0 saturated carbocycles. The number of hydrogen-bond donors (Lipinski definition) is 1. The number of hydrogen-bond acceptors (Lipinski definition) is 3. The highest BCUT2D eigenvalue weighted by molar-refractivity contribution is 5.89. The monoisotopic (exact) mass is 363 g/mol. The highest BCUT2D eigenvalue weighted by Gasteiger charge is 2.18. The average Bonchev–Trinajstić information content (AvgIpc) is 2.70. The maximum atomic E-state index is 12.5. The Labute approximate surface area is 160 Å². The molecule has 0 aliphatic rings. The number of carbonyl (C=O) groups excluding carboxylic acids is 1. The number of benzene rings is 3. The molecule has 4 nitrogen and oxygen atoms in total. The highest BCUT2D eigenvalue weighted by Crippen LogP contribution is 2.26. The molecule has 0 aliphatic carbocycles. The van der Waals surface area contributed by atoms with Crippen molar-refractivity contribution in [3.8, 4) is 11.5 Å². The second-order valence-corrected chi connectivity index (χ2v) is 6.40. The van der Waals surface area contributed by atoms with Crippen molar-refractivity contribution in [1.29, 1.82) is 0 Å². The van der Waals surface area contributed by atoms with Gasteiger partial charge >= 0.3 is 0 Å². The largest absolute Gasteiger partial charge is 0.491 e. The van der Waals surface area contributed by atoms with E-state index in [1.807, 2.05) is 80.6 Å². The summed E-state index contributed by atoms with van der Waals surface area (Å²) in [6.07, 6.45) is 0.0579. The van der Waals surface area contributed by atoms with E-state index in [9.17, 15) is 4.79 Å². The summed E-state index contributed by atoms with van der Waals surface area (Å²) in [5, 5.41) is 5.01. The van der Waals surface area contributed by atoms with Gasteiger partial charge in [-0.2, -0.15) is 0 Å². The van der Waals surface area contributed by atoms with Crippen LogP contribution in [0.3, 0.4) is 0 Å². The van der Waals surface area contributed by atoms with Crippen LogP contribution >= 0.6 is 0 Å². The summed E-state index contributed by atoms with van der Waals surface area (Å²) < 4.78 is 11.7. The lowest BCUT2D eigenvalue weighted by atomic mass is 10.1. The first-order chi connectivity index (χ1) is 13.2. The maximum absolute atomic E-state index is 12.5. The number of rotatable bonds is 8. The van der Waals surface area contributed by atoms with Crippen LogP contribution in [0.15, 0.2) is 66.7 Å². The molecular weight excluding hydrogens is 338 g/mol. The molecule has 0 radical (unpaired) electrons. The van der Waals surface area contributed by atoms with Crippen molar-refractivity contribution >= 4 is 16.7 Å². The normalized spacial score (nSPS) is 11.8. The Kier molecular flexibility index (Phi) is 6.31. The molecule has 0 fully saturated rings. The molecule has 1 N–H and O–H groups in total. The standard InChI is InChI=1S/C23H25NO3/c1-3-20(27-22-14-8-11-18-10-5-6-12-19(18)22)23(25)24-15-16-26-21-13-7-4-9-17(21)2/h4-14,20H,3,15-16H2,1-2H3,(H,24,25)/t20-/m1/s1. The lowest BCUT2D eigenvalue weighted by Crippen LogP contribution is -2.39. The summed E-state index contributed by atoms with van der Waals surface area (Å²) in [6.45, 7) is 4.79. The molecule has 140 valence electrons. The predicted octanol–water partition coefficient (Wildman–Crippen LogP) is 4.50. The van der Waals surface area contributed by atoms with Crippen LogP contribution < -0.4 is 14.8 Å². The van der Waals surface area contributed by atoms with Crippen molar-refractivity contribution in [2.75, 3.05) is 13.2 Å². The van der Waals surface area contributed by atoms with E-state index in [1.54, 1.807) is 0 Å². The summed E-state index contributed by atoms with van der Waals surface area (Å²) in [7, 11) is 0. The quantitative estimate of drug-likeness (QED) is 0.600. The molecule has 0 aliphatic heterocycles. The highest BCUT2D eigenvalue weighted by atomic mass is 16.5. The molecule has 1 atom stereocenters. The van der Waals surface area contributed by atoms with E-state index in [2.05, 4.69) is 5.32 Å². The number of para-hydroxylation sites is 1. The van der Waals surface area contributed by atoms with E-state index in [1.165, 1.54) is 0 Å². The van der Waals surface area contributed by atoms with Gasteiger partial charge in [0, 0.05) is 5.39 Å². The van der Waals surface area contributed by atoms with Crippen molar-refractivity contribution in [3.05, 3.63) is 72.3 Å². The lowest BCUT2D eigenvalue weighted by molar-refractivity contribution is -0.128. The Morgan fingerprint density at radius 1 is 0.963 bits per heavy atom. The van der Waals surface area contributed by atoms with E-state index in [4.69, 9.17) is 9.47 Å². The molecule has 27 heavy (non-hydrogen) atoms. The second kappa shape index (κ2) is 9.08. The zero-order valence-electron chi connectivity index (χ0n) is 15.8. The molecule has 3 aromatic rings. The van der Waals surface area contributed by atoms with Gasteiger partial charge in [0.25, 0.3) is 5.91 Å². The SMILES string of the molecule is CC[C@@H](Oc1cccc2ccccc12)C(=O)NCCOc1ccccc1C. The van der Waals surface area contributed by atoms with E-state index >= 15 is 0 Å². The first kappa shape index (κ1) is 18.8. The van der Waals surface area contributed by atoms with Gasteiger partial charge in [-0.25, -0.2) is 0 Å². The number of amides is 1. The van der Waals surface area contributed by atoms with Gasteiger partial charge in [0.2, 0.25) is 0 Å². The Morgan fingerprint density at radius 3 is 2.48 bits per heavy atom. The second-order valence-electron chi connectivity index (χ2n) is 6.40. The fourth-order valence-corrected chi connectivity index (χ4v) is 2.94. The van der Waals surface area contributed by atoms with Crippen molar-refractivity contribution in [2.45, 2.75) is 26.4 Å². The number of nitrogens with one attached hydrogen (secondary N) is 1. The average molecular weight is 363 g/mol. The Morgan fingerprint density at radius 2 is 1.67 bits per heavy atom. The van der Waals surface area contributed by atoms with Gasteiger partial charge in [-0.3, -0.25) is 4.79 Å². The minimum atomic E-state index is -0.533. The molecule has 0 bridgehead atoms. The zero-order chi connectivity index (χ0) is 19.1. The number of ether oxygens (including phenoxy) is 2. The van der Waals surface area contributed by atoms with Gasteiger partial charge in [-0.05, 0) is 36.4 Å². The molecule has 0 saturated heterocycles. The molecular formula is C23H25NO3. The van der Waals surface area contributed by atoms with Crippen LogP contribution in [-0.4, -0.2) is 25.2 Å². The van der Waals surface area contributed by atoms with E-state index < -0.39 is 6.10 Å². The predicted molar refractivity (Wildman–Crippen MR) is 108 cm³/mol. The fraction of sp³-hybridized carbons (Fsp3) is 0.261. The molecule has 4 heteroatoms. The van der Waals surface area contributed by atoms with E-state index in [-0.39, 0.29) is 5.91 Å². The van der Waals surface area contributed by atoms with Crippen molar-refractivity contribution < 1.29 is 14.3 Å². The van der Waals surface area contributed by atoms with E-state index in [0.29, 0.717) is 19.6 Å². The molecule has 0 heterocycles. The fourth-order valence-electron chi connectivity index (χ4n) is 2.94. The van der Waals surface area contributed by atoms with Gasteiger partial charge in [0.1, 0.15) is 18.1 Å². The van der Waals surface area contributed by atoms with Crippen LogP contribution in [0.4, 0.5) is 0 Å². The molecule has 0 spiro atoms. The summed E-state index contributed by atoms with van der Waals surface area (Å²) in [6, 6.07) is 21.7. The Balaban J connectivity index is 1.55. The molecule has 3 aromatic carbocycles. The van der Waals surface area contributed by atoms with Gasteiger partial charge in [-0.15, -0.1) is 0 Å². The Bertz CT molecular complexity index is 902. The van der Waals surface area contributed by atoms with Crippen molar-refractivity contribution in [1.82, 2.24) is 5.32 Å². The van der Waals surface area contributed by atoms with Gasteiger partial charge in [0.15, 0.2) is 6.10 Å². The number of aryl methyl sites for hydroxylation is 1. The van der Waals surface area contributed by atoms with Crippen molar-refractivity contribution in [2.24, 2.45) is 0 Å². The smallest absolute Gasteiger partial charge is 0.261 e. The first-order valence-electron chi connectivity index (χ1n) is 9.29. The van der Waals surface area contributed by atoms with E-state index in [0.717, 1.165) is 27.8 Å². The first-order valence-corrected chi connectivity index (χ1v) is 9.29. The molecule has 3 rings (SSSR count). The van der Waals surface area contributed by atoms with Gasteiger partial charge in [-0.1, -0.05) is 61.5 Å². The van der Waals surface area contributed by atoms with Crippen LogP contribution in [0.1, 0.15) is 18.9 Å². The summed E-state index contributed by atoms with van der Waals surface area (Å²) in [5.74, 6) is 1.44. The van der Waals surface area contributed by atoms with Crippen LogP contribution in [0.2, 0.25) is 0 Å². The van der Waals surface area contributed by atoms with Crippen LogP contribution in [0.5, 0.6) is 11.5 Å². The van der Waals surface area contributed by atoms with Gasteiger partial charge < -0.3 is 14.8 Å². The Hall–Kier alpha value is -3.01. The lowest BCUT2D eigenvalue weighted by Gasteiger charge is -2.18. The molecule has 0 aromatic heterocycles. The minimum absolute atomic E-state index is 0.126. The number of fused-ring (bicyclic) bond motifs is 1. The summed E-state index contributed by atoms with van der Waals surface area (Å²) in [4.78, 5) is 12.5. The minimum Gasteiger partial charge on any atom is -0.491 e. The third kappa shape index (κ3) is 4.79. The summed E-state index contributed by atoms with van der Waals surface area (Å²) >= 11 is 0. The van der Waals surface area contributed by atoms with Gasteiger partial charge in [0.05, 0.1) is 6.54 Å². The van der Waals surface area contributed by atoms with Crippen LogP contribution in [0, 0.1) is 6.92 Å². The van der Waals surface area contributed by atoms with Crippen molar-refractivity contribution in [3.63, 3.8) is 0 Å².